The van der Waals surface area contributed by atoms with E-state index < -0.39 is 0 Å². The van der Waals surface area contributed by atoms with Crippen molar-refractivity contribution in [3.8, 4) is 0 Å². The number of aromatic nitrogens is 2. The van der Waals surface area contributed by atoms with Gasteiger partial charge >= 0.3 is 6.03 Å². The van der Waals surface area contributed by atoms with E-state index in [2.05, 4.69) is 52.7 Å². The average molecular weight is 370 g/mol. The Kier molecular flexibility index (Phi) is 5.85. The van der Waals surface area contributed by atoms with Crippen LogP contribution in [-0.4, -0.2) is 58.1 Å². The molecule has 6 nitrogen and oxygen atoms in total. The Hall–Kier alpha value is -2.34. The van der Waals surface area contributed by atoms with Crippen LogP contribution in [0.2, 0.25) is 0 Å². The molecule has 1 aliphatic rings. The molecule has 2 aromatic rings. The van der Waals surface area contributed by atoms with Crippen molar-refractivity contribution in [1.82, 2.24) is 19.4 Å². The second-order valence-corrected chi connectivity index (χ2v) is 8.25. The van der Waals surface area contributed by atoms with Crippen molar-refractivity contribution in [3.05, 3.63) is 48.0 Å². The third-order valence-electron chi connectivity index (χ3n) is 5.24. The summed E-state index contributed by atoms with van der Waals surface area (Å²) in [6.07, 6.45) is 3.86. The number of imidazole rings is 1. The Morgan fingerprint density at radius 1 is 1.07 bits per heavy atom. The Labute approximate surface area is 162 Å². The SMILES string of the molecule is Cc1nccn1CCN1CCN(C(=O)Nc2ccc(C(C)(C)C)cc2)CC1. The summed E-state index contributed by atoms with van der Waals surface area (Å²) in [5, 5.41) is 3.02. The van der Waals surface area contributed by atoms with Crippen molar-refractivity contribution in [2.75, 3.05) is 38.0 Å². The molecule has 1 aliphatic heterocycles. The van der Waals surface area contributed by atoms with Gasteiger partial charge in [0.2, 0.25) is 0 Å². The molecule has 1 aromatic carbocycles. The van der Waals surface area contributed by atoms with E-state index in [0.717, 1.165) is 50.8 Å². The lowest BCUT2D eigenvalue weighted by atomic mass is 9.87. The molecular weight excluding hydrogens is 338 g/mol. The summed E-state index contributed by atoms with van der Waals surface area (Å²) in [5.41, 5.74) is 2.24. The van der Waals surface area contributed by atoms with E-state index in [-0.39, 0.29) is 11.4 Å². The van der Waals surface area contributed by atoms with Gasteiger partial charge in [0.25, 0.3) is 0 Å². The van der Waals surface area contributed by atoms with Crippen LogP contribution in [0.25, 0.3) is 0 Å². The number of nitrogens with zero attached hydrogens (tertiary/aromatic N) is 4. The minimum Gasteiger partial charge on any atom is -0.334 e. The molecule has 0 atom stereocenters. The molecule has 0 spiro atoms. The Balaban J connectivity index is 1.45. The zero-order chi connectivity index (χ0) is 19.4. The van der Waals surface area contributed by atoms with Crippen LogP contribution in [0.5, 0.6) is 0 Å². The predicted octanol–water partition coefficient (Wildman–Crippen LogP) is 3.34. The molecule has 1 N–H and O–H groups in total. The lowest BCUT2D eigenvalue weighted by Crippen LogP contribution is -2.50. The summed E-state index contributed by atoms with van der Waals surface area (Å²) < 4.78 is 2.17. The van der Waals surface area contributed by atoms with E-state index in [0.29, 0.717) is 0 Å². The van der Waals surface area contributed by atoms with Gasteiger partial charge in [0, 0.05) is 57.3 Å². The molecule has 6 heteroatoms. The maximum absolute atomic E-state index is 12.5. The molecule has 0 unspecified atom stereocenters. The molecule has 1 aromatic heterocycles. The molecule has 2 heterocycles. The minimum atomic E-state index is -0.0105. The third kappa shape index (κ3) is 5.10. The van der Waals surface area contributed by atoms with Crippen molar-refractivity contribution in [2.24, 2.45) is 0 Å². The molecule has 0 bridgehead atoms. The van der Waals surface area contributed by atoms with Gasteiger partial charge in [-0.25, -0.2) is 9.78 Å². The number of hydrogen-bond acceptors (Lipinski definition) is 3. The van der Waals surface area contributed by atoms with Crippen LogP contribution in [0.1, 0.15) is 32.2 Å². The highest BCUT2D eigenvalue weighted by molar-refractivity contribution is 5.89. The average Bonchev–Trinajstić information content (AvgIpc) is 3.05. The van der Waals surface area contributed by atoms with Gasteiger partial charge in [0.15, 0.2) is 0 Å². The highest BCUT2D eigenvalue weighted by Gasteiger charge is 2.21. The lowest BCUT2D eigenvalue weighted by molar-refractivity contribution is 0.144. The lowest BCUT2D eigenvalue weighted by Gasteiger charge is -2.34. The minimum absolute atomic E-state index is 0.0105. The molecule has 0 radical (unpaired) electrons. The topological polar surface area (TPSA) is 53.4 Å². The van der Waals surface area contributed by atoms with Gasteiger partial charge in [-0.3, -0.25) is 4.90 Å². The molecule has 1 fully saturated rings. The first kappa shape index (κ1) is 19.4. The number of anilines is 1. The maximum Gasteiger partial charge on any atom is 0.321 e. The standard InChI is InChI=1S/C21H31N5O/c1-17-22-9-10-25(17)14-11-24-12-15-26(16-13-24)20(27)23-19-7-5-18(6-8-19)21(2,3)4/h5-10H,11-16H2,1-4H3,(H,23,27). The molecule has 1 saturated heterocycles. The van der Waals surface area contributed by atoms with E-state index in [9.17, 15) is 4.79 Å². The fraction of sp³-hybridized carbons (Fsp3) is 0.524. The van der Waals surface area contributed by atoms with Crippen LogP contribution in [0.4, 0.5) is 10.5 Å². The number of piperazine rings is 1. The number of hydrogen-bond donors (Lipinski definition) is 1. The van der Waals surface area contributed by atoms with Crippen LogP contribution in [0.3, 0.4) is 0 Å². The van der Waals surface area contributed by atoms with Crippen molar-refractivity contribution in [3.63, 3.8) is 0 Å². The third-order valence-corrected chi connectivity index (χ3v) is 5.24. The number of aryl methyl sites for hydroxylation is 1. The summed E-state index contributed by atoms with van der Waals surface area (Å²) in [4.78, 5) is 21.1. The van der Waals surface area contributed by atoms with Gasteiger partial charge in [-0.05, 0) is 30.0 Å². The van der Waals surface area contributed by atoms with Gasteiger partial charge in [-0.2, -0.15) is 0 Å². The highest BCUT2D eigenvalue weighted by Crippen LogP contribution is 2.23. The number of benzene rings is 1. The van der Waals surface area contributed by atoms with Crippen LogP contribution in [0.15, 0.2) is 36.7 Å². The van der Waals surface area contributed by atoms with Crippen molar-refractivity contribution >= 4 is 11.7 Å². The Bertz CT molecular complexity index is 752. The number of carbonyl (C=O) groups excluding carboxylic acids is 1. The fourth-order valence-electron chi connectivity index (χ4n) is 3.32. The van der Waals surface area contributed by atoms with E-state index in [1.807, 2.05) is 36.4 Å². The van der Waals surface area contributed by atoms with Gasteiger partial charge in [-0.1, -0.05) is 32.9 Å². The van der Waals surface area contributed by atoms with Crippen molar-refractivity contribution in [2.45, 2.75) is 39.7 Å². The van der Waals surface area contributed by atoms with Crippen LogP contribution < -0.4 is 5.32 Å². The van der Waals surface area contributed by atoms with Crippen LogP contribution in [0, 0.1) is 6.92 Å². The first-order valence-electron chi connectivity index (χ1n) is 9.69. The van der Waals surface area contributed by atoms with Crippen molar-refractivity contribution < 1.29 is 4.79 Å². The largest absolute Gasteiger partial charge is 0.334 e. The summed E-state index contributed by atoms with van der Waals surface area (Å²) in [6, 6.07) is 8.14. The zero-order valence-electron chi connectivity index (χ0n) is 16.9. The number of carbonyl (C=O) groups is 1. The Morgan fingerprint density at radius 3 is 2.30 bits per heavy atom. The van der Waals surface area contributed by atoms with E-state index in [4.69, 9.17) is 0 Å². The molecular formula is C21H31N5O. The smallest absolute Gasteiger partial charge is 0.321 e. The molecule has 0 saturated carbocycles. The van der Waals surface area contributed by atoms with Gasteiger partial charge < -0.3 is 14.8 Å². The first-order chi connectivity index (χ1) is 12.8. The predicted molar refractivity (Wildman–Crippen MR) is 109 cm³/mol. The van der Waals surface area contributed by atoms with Crippen LogP contribution >= 0.6 is 0 Å². The normalized spacial score (nSPS) is 15.8. The molecule has 27 heavy (non-hydrogen) atoms. The number of nitrogens with one attached hydrogen (secondary N) is 1. The van der Waals surface area contributed by atoms with E-state index >= 15 is 0 Å². The molecule has 0 aliphatic carbocycles. The Morgan fingerprint density at radius 2 is 1.74 bits per heavy atom. The second-order valence-electron chi connectivity index (χ2n) is 8.25. The summed E-state index contributed by atoms with van der Waals surface area (Å²) >= 11 is 0. The second kappa shape index (κ2) is 8.13. The van der Waals surface area contributed by atoms with E-state index in [1.165, 1.54) is 5.56 Å². The number of amides is 2. The van der Waals surface area contributed by atoms with Crippen LogP contribution in [-0.2, 0) is 12.0 Å². The number of urea groups is 1. The van der Waals surface area contributed by atoms with Gasteiger partial charge in [0.05, 0.1) is 0 Å². The summed E-state index contributed by atoms with van der Waals surface area (Å²) in [6.45, 7) is 13.9. The van der Waals surface area contributed by atoms with Gasteiger partial charge in [0.1, 0.15) is 5.82 Å². The van der Waals surface area contributed by atoms with E-state index in [1.54, 1.807) is 0 Å². The molecule has 3 rings (SSSR count). The summed E-state index contributed by atoms with van der Waals surface area (Å²) in [5.74, 6) is 1.05. The summed E-state index contributed by atoms with van der Waals surface area (Å²) in [7, 11) is 0. The first-order valence-corrected chi connectivity index (χ1v) is 9.69. The number of rotatable bonds is 4. The zero-order valence-corrected chi connectivity index (χ0v) is 16.9. The monoisotopic (exact) mass is 369 g/mol. The maximum atomic E-state index is 12.5. The van der Waals surface area contributed by atoms with Crippen molar-refractivity contribution in [1.29, 1.82) is 0 Å². The molecule has 2 amide bonds. The quantitative estimate of drug-likeness (QED) is 0.899. The molecule has 146 valence electrons. The fourth-order valence-corrected chi connectivity index (χ4v) is 3.32. The highest BCUT2D eigenvalue weighted by atomic mass is 16.2. The van der Waals surface area contributed by atoms with Gasteiger partial charge in [-0.15, -0.1) is 0 Å².